The quantitative estimate of drug-likeness (QED) is 0.490. The van der Waals surface area contributed by atoms with Gasteiger partial charge in [0, 0.05) is 5.69 Å². The van der Waals surface area contributed by atoms with Crippen LogP contribution in [0.3, 0.4) is 0 Å². The normalized spacial score (nSPS) is 10.6. The van der Waals surface area contributed by atoms with E-state index in [4.69, 9.17) is 4.74 Å². The van der Waals surface area contributed by atoms with Crippen molar-refractivity contribution in [2.45, 2.75) is 6.92 Å². The van der Waals surface area contributed by atoms with Gasteiger partial charge in [-0.2, -0.15) is 5.26 Å². The van der Waals surface area contributed by atoms with Crippen molar-refractivity contribution >= 4 is 23.6 Å². The van der Waals surface area contributed by atoms with Crippen molar-refractivity contribution < 1.29 is 19.1 Å². The van der Waals surface area contributed by atoms with Gasteiger partial charge in [0.15, 0.2) is 0 Å². The number of nitriles is 1. The van der Waals surface area contributed by atoms with Crippen LogP contribution in [-0.2, 0) is 9.53 Å². The van der Waals surface area contributed by atoms with Gasteiger partial charge in [-0.25, -0.2) is 4.79 Å². The molecule has 0 fully saturated rings. The van der Waals surface area contributed by atoms with Crippen molar-refractivity contribution in [2.75, 3.05) is 19.0 Å². The van der Waals surface area contributed by atoms with Gasteiger partial charge in [-0.05, 0) is 55.0 Å². The Morgan fingerprint density at radius 1 is 1.12 bits per heavy atom. The van der Waals surface area contributed by atoms with Crippen molar-refractivity contribution in [3.8, 4) is 11.8 Å². The second-order valence-corrected chi connectivity index (χ2v) is 5.19. The van der Waals surface area contributed by atoms with Crippen molar-refractivity contribution in [2.24, 2.45) is 0 Å². The summed E-state index contributed by atoms with van der Waals surface area (Å²) in [7, 11) is 1.29. The predicted molar refractivity (Wildman–Crippen MR) is 97.6 cm³/mol. The third-order valence-electron chi connectivity index (χ3n) is 3.43. The highest BCUT2D eigenvalue weighted by atomic mass is 16.5. The van der Waals surface area contributed by atoms with Crippen LogP contribution in [0.25, 0.3) is 6.08 Å². The van der Waals surface area contributed by atoms with E-state index < -0.39 is 11.9 Å². The van der Waals surface area contributed by atoms with Crippen molar-refractivity contribution in [3.63, 3.8) is 0 Å². The Morgan fingerprint density at radius 2 is 1.77 bits per heavy atom. The number of methoxy groups -OCH3 is 1. The first kappa shape index (κ1) is 18.7. The lowest BCUT2D eigenvalue weighted by atomic mass is 10.1. The molecule has 0 saturated carbocycles. The molecule has 0 aliphatic heterocycles. The number of nitrogens with one attached hydrogen (secondary N) is 1. The van der Waals surface area contributed by atoms with E-state index in [-0.39, 0.29) is 5.57 Å². The first-order valence-electron chi connectivity index (χ1n) is 7.91. The second kappa shape index (κ2) is 9.04. The zero-order valence-electron chi connectivity index (χ0n) is 14.5. The van der Waals surface area contributed by atoms with Crippen molar-refractivity contribution in [3.05, 3.63) is 65.2 Å². The molecule has 2 rings (SSSR count). The molecule has 6 heteroatoms. The van der Waals surface area contributed by atoms with E-state index in [1.54, 1.807) is 36.4 Å². The maximum Gasteiger partial charge on any atom is 0.337 e. The summed E-state index contributed by atoms with van der Waals surface area (Å²) in [5.41, 5.74) is 1.51. The summed E-state index contributed by atoms with van der Waals surface area (Å²) in [6.07, 6.45) is 1.49. The molecule has 0 aromatic heterocycles. The summed E-state index contributed by atoms with van der Waals surface area (Å²) in [6.45, 7) is 2.46. The average molecular weight is 350 g/mol. The summed E-state index contributed by atoms with van der Waals surface area (Å²) >= 11 is 0. The molecular weight excluding hydrogens is 332 g/mol. The fourth-order valence-electron chi connectivity index (χ4n) is 2.15. The Morgan fingerprint density at radius 3 is 2.31 bits per heavy atom. The SMILES string of the molecule is CCOc1ccc(/C=C(\C#N)C(=O)Nc2ccc(C(=O)OC)cc2)cc1. The highest BCUT2D eigenvalue weighted by molar-refractivity contribution is 6.09. The topological polar surface area (TPSA) is 88.4 Å². The summed E-state index contributed by atoms with van der Waals surface area (Å²) in [5.74, 6) is -0.276. The van der Waals surface area contributed by atoms with Gasteiger partial charge in [-0.15, -0.1) is 0 Å². The number of benzene rings is 2. The molecule has 1 amide bonds. The van der Waals surface area contributed by atoms with E-state index in [1.807, 2.05) is 13.0 Å². The zero-order valence-corrected chi connectivity index (χ0v) is 14.5. The average Bonchev–Trinajstić information content (AvgIpc) is 2.67. The molecule has 1 N–H and O–H groups in total. The number of hydrogen-bond donors (Lipinski definition) is 1. The lowest BCUT2D eigenvalue weighted by Gasteiger charge is -2.06. The van der Waals surface area contributed by atoms with Crippen LogP contribution in [0.5, 0.6) is 5.75 Å². The van der Waals surface area contributed by atoms with Gasteiger partial charge in [0.25, 0.3) is 5.91 Å². The number of carbonyl (C=O) groups excluding carboxylic acids is 2. The molecule has 132 valence electrons. The van der Waals surface area contributed by atoms with Gasteiger partial charge >= 0.3 is 5.97 Å². The minimum atomic E-state index is -0.535. The Labute approximate surface area is 151 Å². The summed E-state index contributed by atoms with van der Waals surface area (Å²) in [5, 5.41) is 11.9. The molecule has 2 aromatic rings. The van der Waals surface area contributed by atoms with Crippen LogP contribution in [-0.4, -0.2) is 25.6 Å². The lowest BCUT2D eigenvalue weighted by molar-refractivity contribution is -0.112. The first-order chi connectivity index (χ1) is 12.6. The van der Waals surface area contributed by atoms with Crippen LogP contribution in [0.4, 0.5) is 5.69 Å². The van der Waals surface area contributed by atoms with Crippen LogP contribution in [0.2, 0.25) is 0 Å². The number of nitrogens with zero attached hydrogens (tertiary/aromatic N) is 1. The molecule has 2 aromatic carbocycles. The lowest BCUT2D eigenvalue weighted by Crippen LogP contribution is -2.13. The standard InChI is InChI=1S/C20H18N2O4/c1-3-26-18-10-4-14(5-11-18)12-16(13-21)19(23)22-17-8-6-15(7-9-17)20(24)25-2/h4-12H,3H2,1-2H3,(H,22,23)/b16-12+. The number of esters is 1. The van der Waals surface area contributed by atoms with Crippen LogP contribution in [0.1, 0.15) is 22.8 Å². The molecule has 0 aliphatic rings. The maximum atomic E-state index is 12.3. The molecule has 6 nitrogen and oxygen atoms in total. The molecule has 26 heavy (non-hydrogen) atoms. The smallest absolute Gasteiger partial charge is 0.337 e. The monoisotopic (exact) mass is 350 g/mol. The number of rotatable bonds is 6. The number of carbonyl (C=O) groups is 2. The minimum Gasteiger partial charge on any atom is -0.494 e. The van der Waals surface area contributed by atoms with Crippen LogP contribution >= 0.6 is 0 Å². The number of anilines is 1. The van der Waals surface area contributed by atoms with E-state index in [1.165, 1.54) is 25.3 Å². The fraction of sp³-hybridized carbons (Fsp3) is 0.150. The van der Waals surface area contributed by atoms with Crippen molar-refractivity contribution in [1.82, 2.24) is 0 Å². The number of hydrogen-bond acceptors (Lipinski definition) is 5. The summed E-state index contributed by atoms with van der Waals surface area (Å²) < 4.78 is 9.97. The van der Waals surface area contributed by atoms with E-state index >= 15 is 0 Å². The minimum absolute atomic E-state index is 0.0359. The molecule has 0 unspecified atom stereocenters. The second-order valence-electron chi connectivity index (χ2n) is 5.19. The Balaban J connectivity index is 2.10. The zero-order chi connectivity index (χ0) is 18.9. The number of amides is 1. The van der Waals surface area contributed by atoms with Crippen LogP contribution < -0.4 is 10.1 Å². The maximum absolute atomic E-state index is 12.3. The van der Waals surface area contributed by atoms with Gasteiger partial charge in [0.1, 0.15) is 17.4 Å². The van der Waals surface area contributed by atoms with Crippen molar-refractivity contribution in [1.29, 1.82) is 5.26 Å². The van der Waals surface area contributed by atoms with E-state index in [2.05, 4.69) is 10.1 Å². The van der Waals surface area contributed by atoms with Gasteiger partial charge in [-0.3, -0.25) is 4.79 Å². The molecule has 0 bridgehead atoms. The molecule has 0 aliphatic carbocycles. The van der Waals surface area contributed by atoms with Gasteiger partial charge < -0.3 is 14.8 Å². The molecule has 0 saturated heterocycles. The molecule has 0 spiro atoms. The van der Waals surface area contributed by atoms with Crippen LogP contribution in [0.15, 0.2) is 54.1 Å². The Bertz CT molecular complexity index is 847. The third-order valence-corrected chi connectivity index (χ3v) is 3.43. The van der Waals surface area contributed by atoms with Gasteiger partial charge in [0.2, 0.25) is 0 Å². The van der Waals surface area contributed by atoms with E-state index in [9.17, 15) is 14.9 Å². The Hall–Kier alpha value is -3.59. The van der Waals surface area contributed by atoms with Gasteiger partial charge in [-0.1, -0.05) is 12.1 Å². The summed E-state index contributed by atoms with van der Waals surface area (Å²) in [6, 6.07) is 15.2. The van der Waals surface area contributed by atoms with Gasteiger partial charge in [0.05, 0.1) is 19.3 Å². The highest BCUT2D eigenvalue weighted by Gasteiger charge is 2.11. The fourth-order valence-corrected chi connectivity index (χ4v) is 2.15. The predicted octanol–water partition coefficient (Wildman–Crippen LogP) is 3.42. The molecule has 0 atom stereocenters. The van der Waals surface area contributed by atoms with E-state index in [0.29, 0.717) is 23.4 Å². The third kappa shape index (κ3) is 4.95. The van der Waals surface area contributed by atoms with Crippen LogP contribution in [0, 0.1) is 11.3 Å². The summed E-state index contributed by atoms with van der Waals surface area (Å²) in [4.78, 5) is 23.7. The largest absolute Gasteiger partial charge is 0.494 e. The Kier molecular flexibility index (Phi) is 6.52. The number of ether oxygens (including phenoxy) is 2. The van der Waals surface area contributed by atoms with E-state index in [0.717, 1.165) is 5.75 Å². The molecule has 0 radical (unpaired) electrons. The molecular formula is C20H18N2O4. The first-order valence-corrected chi connectivity index (χ1v) is 7.91. The highest BCUT2D eigenvalue weighted by Crippen LogP contribution is 2.16. The molecule has 0 heterocycles.